The molecule has 0 bridgehead atoms. The molecule has 0 radical (unpaired) electrons. The van der Waals surface area contributed by atoms with E-state index in [0.717, 1.165) is 24.4 Å². The van der Waals surface area contributed by atoms with E-state index in [4.69, 9.17) is 0 Å². The van der Waals surface area contributed by atoms with Gasteiger partial charge in [-0.25, -0.2) is 0 Å². The molecule has 2 rings (SSSR count). The zero-order chi connectivity index (χ0) is 13.0. The quantitative estimate of drug-likeness (QED) is 0.822. The lowest BCUT2D eigenvalue weighted by molar-refractivity contribution is 0.412. The molecule has 1 aliphatic rings. The maximum absolute atomic E-state index is 3.63. The van der Waals surface area contributed by atoms with Crippen molar-refractivity contribution in [1.82, 2.24) is 5.32 Å². The fourth-order valence-corrected chi connectivity index (χ4v) is 3.45. The number of benzene rings is 1. The van der Waals surface area contributed by atoms with Crippen LogP contribution < -0.4 is 5.32 Å². The van der Waals surface area contributed by atoms with Crippen molar-refractivity contribution in [3.63, 3.8) is 0 Å². The van der Waals surface area contributed by atoms with Crippen molar-refractivity contribution in [2.75, 3.05) is 6.54 Å². The third-order valence-corrected chi connectivity index (χ3v) is 4.44. The summed E-state index contributed by atoms with van der Waals surface area (Å²) in [7, 11) is 0. The van der Waals surface area contributed by atoms with Crippen LogP contribution in [-0.2, 0) is 6.42 Å². The van der Waals surface area contributed by atoms with Crippen molar-refractivity contribution in [3.8, 4) is 0 Å². The van der Waals surface area contributed by atoms with E-state index in [0.29, 0.717) is 0 Å². The molecule has 100 valence electrons. The fourth-order valence-electron chi connectivity index (χ4n) is 3.45. The molecule has 1 saturated carbocycles. The Hall–Kier alpha value is -0.820. The Morgan fingerprint density at radius 2 is 2.06 bits per heavy atom. The van der Waals surface area contributed by atoms with Gasteiger partial charge in [-0.3, -0.25) is 0 Å². The summed E-state index contributed by atoms with van der Waals surface area (Å²) < 4.78 is 0. The van der Waals surface area contributed by atoms with Gasteiger partial charge in [-0.05, 0) is 48.8 Å². The molecule has 1 heteroatoms. The first-order chi connectivity index (χ1) is 8.76. The van der Waals surface area contributed by atoms with E-state index in [9.17, 15) is 0 Å². The molecule has 3 atom stereocenters. The largest absolute Gasteiger partial charge is 0.314 e. The van der Waals surface area contributed by atoms with Crippen molar-refractivity contribution in [2.24, 2.45) is 5.92 Å². The molecule has 1 fully saturated rings. The van der Waals surface area contributed by atoms with Crippen LogP contribution in [0.5, 0.6) is 0 Å². The summed E-state index contributed by atoms with van der Waals surface area (Å²) in [6.07, 6.45) is 5.13. The molecule has 18 heavy (non-hydrogen) atoms. The average molecular weight is 245 g/mol. The smallest absolute Gasteiger partial charge is 0.00986 e. The van der Waals surface area contributed by atoms with Gasteiger partial charge in [0.05, 0.1) is 0 Å². The summed E-state index contributed by atoms with van der Waals surface area (Å²) in [6, 6.07) is 10.0. The first-order valence-electron chi connectivity index (χ1n) is 7.58. The predicted molar refractivity (Wildman–Crippen MR) is 79.0 cm³/mol. The summed E-state index contributed by atoms with van der Waals surface area (Å²) in [5.41, 5.74) is 3.07. The molecule has 1 N–H and O–H groups in total. The lowest BCUT2D eigenvalue weighted by atomic mass is 9.87. The molecule has 0 amide bonds. The highest BCUT2D eigenvalue weighted by molar-refractivity contribution is 5.28. The third kappa shape index (κ3) is 2.95. The van der Waals surface area contributed by atoms with Crippen LogP contribution >= 0.6 is 0 Å². The van der Waals surface area contributed by atoms with Crippen LogP contribution in [-0.4, -0.2) is 12.6 Å². The van der Waals surface area contributed by atoms with Gasteiger partial charge in [0.15, 0.2) is 0 Å². The Kier molecular flexibility index (Phi) is 4.82. The summed E-state index contributed by atoms with van der Waals surface area (Å²) >= 11 is 0. The molecule has 0 aromatic heterocycles. The van der Waals surface area contributed by atoms with Gasteiger partial charge < -0.3 is 5.32 Å². The standard InChI is InChI=1S/C17H27N/c1-4-7-14-8-6-9-15(12-14)16-10-11-17(13(16)3)18-5-2/h6,8-9,12-13,16-18H,4-5,7,10-11H2,1-3H3. The first-order valence-corrected chi connectivity index (χ1v) is 7.58. The van der Waals surface area contributed by atoms with Crippen LogP contribution in [0.1, 0.15) is 57.1 Å². The van der Waals surface area contributed by atoms with Crippen LogP contribution in [0.2, 0.25) is 0 Å². The Morgan fingerprint density at radius 1 is 1.22 bits per heavy atom. The number of aryl methyl sites for hydroxylation is 1. The number of hydrogen-bond donors (Lipinski definition) is 1. The highest BCUT2D eigenvalue weighted by Crippen LogP contribution is 2.39. The van der Waals surface area contributed by atoms with Gasteiger partial charge >= 0.3 is 0 Å². The molecule has 1 nitrogen and oxygen atoms in total. The second-order valence-corrected chi connectivity index (χ2v) is 5.70. The van der Waals surface area contributed by atoms with Crippen molar-refractivity contribution >= 4 is 0 Å². The minimum atomic E-state index is 0.717. The summed E-state index contributed by atoms with van der Waals surface area (Å²) in [6.45, 7) is 7.98. The van der Waals surface area contributed by atoms with E-state index in [1.54, 1.807) is 5.56 Å². The number of hydrogen-bond acceptors (Lipinski definition) is 1. The fraction of sp³-hybridized carbons (Fsp3) is 0.647. The van der Waals surface area contributed by atoms with E-state index < -0.39 is 0 Å². The molecular weight excluding hydrogens is 218 g/mol. The molecule has 0 heterocycles. The molecule has 0 spiro atoms. The zero-order valence-corrected chi connectivity index (χ0v) is 12.1. The minimum Gasteiger partial charge on any atom is -0.314 e. The average Bonchev–Trinajstić information content (AvgIpc) is 2.73. The Morgan fingerprint density at radius 3 is 2.78 bits per heavy atom. The SMILES string of the molecule is CCCc1cccc(C2CCC(NCC)C2C)c1. The second-order valence-electron chi connectivity index (χ2n) is 5.70. The highest BCUT2D eigenvalue weighted by Gasteiger charge is 2.32. The van der Waals surface area contributed by atoms with Gasteiger partial charge in [0.25, 0.3) is 0 Å². The Balaban J connectivity index is 2.09. The van der Waals surface area contributed by atoms with Crippen molar-refractivity contribution in [1.29, 1.82) is 0 Å². The van der Waals surface area contributed by atoms with Crippen molar-refractivity contribution in [3.05, 3.63) is 35.4 Å². The first kappa shape index (κ1) is 13.6. The summed E-state index contributed by atoms with van der Waals surface area (Å²) in [5.74, 6) is 1.52. The molecule has 1 aromatic rings. The van der Waals surface area contributed by atoms with Crippen molar-refractivity contribution < 1.29 is 0 Å². The molecule has 0 saturated heterocycles. The van der Waals surface area contributed by atoms with Crippen LogP contribution in [0.15, 0.2) is 24.3 Å². The van der Waals surface area contributed by atoms with Crippen LogP contribution in [0.4, 0.5) is 0 Å². The summed E-state index contributed by atoms with van der Waals surface area (Å²) in [4.78, 5) is 0. The van der Waals surface area contributed by atoms with Gasteiger partial charge in [0.2, 0.25) is 0 Å². The minimum absolute atomic E-state index is 0.717. The third-order valence-electron chi connectivity index (χ3n) is 4.44. The molecule has 1 aliphatic carbocycles. The molecular formula is C17H27N. The normalized spacial score (nSPS) is 27.6. The monoisotopic (exact) mass is 245 g/mol. The summed E-state index contributed by atoms with van der Waals surface area (Å²) in [5, 5.41) is 3.63. The highest BCUT2D eigenvalue weighted by atomic mass is 14.9. The maximum Gasteiger partial charge on any atom is 0.00986 e. The molecule has 1 aromatic carbocycles. The van der Waals surface area contributed by atoms with Gasteiger partial charge in [-0.2, -0.15) is 0 Å². The van der Waals surface area contributed by atoms with E-state index in [1.165, 1.54) is 31.2 Å². The number of nitrogens with one attached hydrogen (secondary N) is 1. The van der Waals surface area contributed by atoms with E-state index in [-0.39, 0.29) is 0 Å². The van der Waals surface area contributed by atoms with E-state index in [2.05, 4.69) is 50.4 Å². The van der Waals surface area contributed by atoms with E-state index in [1.807, 2.05) is 0 Å². The van der Waals surface area contributed by atoms with Crippen LogP contribution in [0, 0.1) is 5.92 Å². The Labute approximate surface area is 112 Å². The van der Waals surface area contributed by atoms with Gasteiger partial charge in [0.1, 0.15) is 0 Å². The maximum atomic E-state index is 3.63. The molecule has 3 unspecified atom stereocenters. The Bertz CT molecular complexity index is 372. The molecule has 0 aliphatic heterocycles. The van der Waals surface area contributed by atoms with Gasteiger partial charge in [-0.1, -0.05) is 51.5 Å². The second kappa shape index (κ2) is 6.38. The van der Waals surface area contributed by atoms with Gasteiger partial charge in [-0.15, -0.1) is 0 Å². The lowest BCUT2D eigenvalue weighted by Crippen LogP contribution is -2.32. The topological polar surface area (TPSA) is 12.0 Å². The van der Waals surface area contributed by atoms with Crippen LogP contribution in [0.3, 0.4) is 0 Å². The predicted octanol–water partition coefficient (Wildman–Crippen LogP) is 4.13. The zero-order valence-electron chi connectivity index (χ0n) is 12.1. The number of rotatable bonds is 5. The lowest BCUT2D eigenvalue weighted by Gasteiger charge is -2.22. The van der Waals surface area contributed by atoms with E-state index >= 15 is 0 Å². The van der Waals surface area contributed by atoms with Crippen LogP contribution in [0.25, 0.3) is 0 Å². The van der Waals surface area contributed by atoms with Gasteiger partial charge in [0, 0.05) is 6.04 Å². The van der Waals surface area contributed by atoms with Crippen molar-refractivity contribution in [2.45, 2.75) is 58.4 Å².